The van der Waals surface area contributed by atoms with Crippen LogP contribution in [0.5, 0.6) is 0 Å². The molecule has 1 aliphatic rings. The summed E-state index contributed by atoms with van der Waals surface area (Å²) in [6, 6.07) is 0. The molecule has 0 atom stereocenters. The number of hydrogen-bond acceptors (Lipinski definition) is 2. The minimum atomic E-state index is 0.207. The summed E-state index contributed by atoms with van der Waals surface area (Å²) in [6.45, 7) is 8.74. The highest BCUT2D eigenvalue weighted by Gasteiger charge is 2.42. The van der Waals surface area contributed by atoms with Crippen molar-refractivity contribution in [3.63, 3.8) is 0 Å². The molecule has 0 aromatic rings. The van der Waals surface area contributed by atoms with Crippen molar-refractivity contribution in [1.29, 1.82) is 0 Å². The van der Waals surface area contributed by atoms with Gasteiger partial charge in [-0.2, -0.15) is 11.8 Å². The molecule has 0 radical (unpaired) electrons. The summed E-state index contributed by atoms with van der Waals surface area (Å²) >= 11 is 1.99. The van der Waals surface area contributed by atoms with Gasteiger partial charge in [0.25, 0.3) is 0 Å². The van der Waals surface area contributed by atoms with Gasteiger partial charge < -0.3 is 4.74 Å². The fourth-order valence-corrected chi connectivity index (χ4v) is 2.72. The molecule has 0 saturated carbocycles. The molecule has 1 nitrogen and oxygen atoms in total. The zero-order chi connectivity index (χ0) is 8.48. The molecule has 1 fully saturated rings. The molecule has 1 heterocycles. The molecule has 0 amide bonds. The standard InChI is InChI=1S/C9H18OS/c1-7(2)9(5-11-6-9)10-8(3)4/h7-8H,5-6H2,1-4H3. The lowest BCUT2D eigenvalue weighted by Gasteiger charge is -2.45. The van der Waals surface area contributed by atoms with Crippen molar-refractivity contribution >= 4 is 11.8 Å². The third-order valence-corrected chi connectivity index (χ3v) is 3.60. The predicted molar refractivity (Wildman–Crippen MR) is 51.1 cm³/mol. The van der Waals surface area contributed by atoms with Crippen LogP contribution in [0.15, 0.2) is 0 Å². The second-order valence-corrected chi connectivity index (χ2v) is 4.86. The fraction of sp³-hybridized carbons (Fsp3) is 1.00. The van der Waals surface area contributed by atoms with Crippen LogP contribution in [0, 0.1) is 5.92 Å². The molecular formula is C9H18OS. The second kappa shape index (κ2) is 3.36. The van der Waals surface area contributed by atoms with E-state index in [4.69, 9.17) is 4.74 Å². The Hall–Kier alpha value is 0.310. The van der Waals surface area contributed by atoms with Crippen LogP contribution < -0.4 is 0 Å². The van der Waals surface area contributed by atoms with Crippen molar-refractivity contribution < 1.29 is 4.74 Å². The lowest BCUT2D eigenvalue weighted by Crippen LogP contribution is -2.51. The summed E-state index contributed by atoms with van der Waals surface area (Å²) in [5.74, 6) is 3.03. The maximum atomic E-state index is 5.91. The lowest BCUT2D eigenvalue weighted by molar-refractivity contribution is -0.0842. The summed E-state index contributed by atoms with van der Waals surface area (Å²) in [5, 5.41) is 0. The maximum Gasteiger partial charge on any atom is 0.0888 e. The average molecular weight is 174 g/mol. The Labute approximate surface area is 73.9 Å². The van der Waals surface area contributed by atoms with Crippen LogP contribution in [0.4, 0.5) is 0 Å². The Morgan fingerprint density at radius 1 is 1.18 bits per heavy atom. The smallest absolute Gasteiger partial charge is 0.0888 e. The van der Waals surface area contributed by atoms with Crippen LogP contribution in [0.25, 0.3) is 0 Å². The van der Waals surface area contributed by atoms with Crippen molar-refractivity contribution in [2.75, 3.05) is 11.5 Å². The number of thioether (sulfide) groups is 1. The van der Waals surface area contributed by atoms with Crippen LogP contribution in [-0.4, -0.2) is 23.2 Å². The van der Waals surface area contributed by atoms with Gasteiger partial charge in [-0.25, -0.2) is 0 Å². The Morgan fingerprint density at radius 2 is 1.73 bits per heavy atom. The van der Waals surface area contributed by atoms with E-state index in [0.29, 0.717) is 12.0 Å². The Bertz CT molecular complexity index is 128. The van der Waals surface area contributed by atoms with Crippen molar-refractivity contribution in [3.05, 3.63) is 0 Å². The van der Waals surface area contributed by atoms with Gasteiger partial charge >= 0.3 is 0 Å². The second-order valence-electron chi connectivity index (χ2n) is 3.88. The molecule has 2 heteroatoms. The molecule has 0 aromatic carbocycles. The third kappa shape index (κ3) is 1.91. The summed E-state index contributed by atoms with van der Waals surface area (Å²) < 4.78 is 5.91. The van der Waals surface area contributed by atoms with Crippen molar-refractivity contribution in [2.45, 2.75) is 39.4 Å². The third-order valence-electron chi connectivity index (χ3n) is 2.22. The van der Waals surface area contributed by atoms with E-state index in [1.807, 2.05) is 11.8 Å². The van der Waals surface area contributed by atoms with Gasteiger partial charge in [0.05, 0.1) is 11.7 Å². The van der Waals surface area contributed by atoms with Gasteiger partial charge in [0.2, 0.25) is 0 Å². The highest BCUT2D eigenvalue weighted by atomic mass is 32.2. The first-order valence-electron chi connectivity index (χ1n) is 4.32. The monoisotopic (exact) mass is 174 g/mol. The molecule has 1 aliphatic heterocycles. The van der Waals surface area contributed by atoms with E-state index in [1.165, 1.54) is 11.5 Å². The van der Waals surface area contributed by atoms with E-state index in [1.54, 1.807) is 0 Å². The van der Waals surface area contributed by atoms with Gasteiger partial charge in [-0.1, -0.05) is 13.8 Å². The minimum absolute atomic E-state index is 0.207. The fourth-order valence-electron chi connectivity index (χ4n) is 1.31. The Balaban J connectivity index is 2.47. The van der Waals surface area contributed by atoms with Crippen molar-refractivity contribution in [1.82, 2.24) is 0 Å². The summed E-state index contributed by atoms with van der Waals surface area (Å²) in [6.07, 6.45) is 0.373. The number of ether oxygens (including phenoxy) is 1. The van der Waals surface area contributed by atoms with Gasteiger partial charge in [0, 0.05) is 11.5 Å². The first-order valence-corrected chi connectivity index (χ1v) is 5.48. The quantitative estimate of drug-likeness (QED) is 0.650. The zero-order valence-corrected chi connectivity index (χ0v) is 8.70. The molecule has 11 heavy (non-hydrogen) atoms. The molecule has 1 rings (SSSR count). The van der Waals surface area contributed by atoms with Crippen LogP contribution in [0.2, 0.25) is 0 Å². The first-order chi connectivity index (χ1) is 5.07. The Kier molecular flexibility index (Phi) is 2.87. The molecule has 0 spiro atoms. The molecule has 1 saturated heterocycles. The highest BCUT2D eigenvalue weighted by molar-refractivity contribution is 8.00. The van der Waals surface area contributed by atoms with Crippen LogP contribution in [-0.2, 0) is 4.74 Å². The minimum Gasteiger partial charge on any atom is -0.370 e. The van der Waals surface area contributed by atoms with Crippen LogP contribution in [0.3, 0.4) is 0 Å². The summed E-state index contributed by atoms with van der Waals surface area (Å²) in [7, 11) is 0. The largest absolute Gasteiger partial charge is 0.370 e. The van der Waals surface area contributed by atoms with Crippen LogP contribution in [0.1, 0.15) is 27.7 Å². The molecular weight excluding hydrogens is 156 g/mol. The maximum absolute atomic E-state index is 5.91. The van der Waals surface area contributed by atoms with Gasteiger partial charge in [-0.3, -0.25) is 0 Å². The van der Waals surface area contributed by atoms with Crippen molar-refractivity contribution in [2.24, 2.45) is 5.92 Å². The van der Waals surface area contributed by atoms with Gasteiger partial charge in [0.15, 0.2) is 0 Å². The Morgan fingerprint density at radius 3 is 1.82 bits per heavy atom. The number of rotatable bonds is 3. The summed E-state index contributed by atoms with van der Waals surface area (Å²) in [4.78, 5) is 0. The van der Waals surface area contributed by atoms with Gasteiger partial charge in [0.1, 0.15) is 0 Å². The first kappa shape index (κ1) is 9.40. The predicted octanol–water partition coefficient (Wildman–Crippen LogP) is 2.55. The molecule has 0 N–H and O–H groups in total. The van der Waals surface area contributed by atoms with E-state index in [2.05, 4.69) is 27.7 Å². The van der Waals surface area contributed by atoms with E-state index >= 15 is 0 Å². The SMILES string of the molecule is CC(C)OC1(C(C)C)CSC1. The highest BCUT2D eigenvalue weighted by Crippen LogP contribution is 2.39. The van der Waals surface area contributed by atoms with E-state index < -0.39 is 0 Å². The average Bonchev–Trinajstić information content (AvgIpc) is 1.77. The lowest BCUT2D eigenvalue weighted by atomic mass is 9.93. The topological polar surface area (TPSA) is 9.23 Å². The van der Waals surface area contributed by atoms with E-state index in [9.17, 15) is 0 Å². The molecule has 0 aromatic heterocycles. The van der Waals surface area contributed by atoms with Gasteiger partial charge in [-0.15, -0.1) is 0 Å². The molecule has 0 unspecified atom stereocenters. The number of hydrogen-bond donors (Lipinski definition) is 0. The zero-order valence-electron chi connectivity index (χ0n) is 7.89. The van der Waals surface area contributed by atoms with E-state index in [-0.39, 0.29) is 5.60 Å². The molecule has 66 valence electrons. The summed E-state index contributed by atoms with van der Waals surface area (Å²) in [5.41, 5.74) is 0.207. The van der Waals surface area contributed by atoms with Crippen LogP contribution >= 0.6 is 11.8 Å². The normalized spacial score (nSPS) is 22.4. The van der Waals surface area contributed by atoms with Gasteiger partial charge in [-0.05, 0) is 19.8 Å². The van der Waals surface area contributed by atoms with E-state index in [0.717, 1.165) is 0 Å². The molecule has 0 aliphatic carbocycles. The molecule has 0 bridgehead atoms. The van der Waals surface area contributed by atoms with Crippen molar-refractivity contribution in [3.8, 4) is 0 Å².